The molecule has 0 saturated carbocycles. The number of anilines is 1. The molecule has 0 saturated heterocycles. The van der Waals surface area contributed by atoms with Crippen LogP contribution in [0.1, 0.15) is 18.9 Å². The van der Waals surface area contributed by atoms with Crippen molar-refractivity contribution in [2.75, 3.05) is 12.4 Å². The normalized spacial score (nSPS) is 13.2. The van der Waals surface area contributed by atoms with Crippen molar-refractivity contribution >= 4 is 27.5 Å². The van der Waals surface area contributed by atoms with Crippen molar-refractivity contribution in [1.82, 2.24) is 4.98 Å². The maximum Gasteiger partial charge on any atom is 0.256 e. The van der Waals surface area contributed by atoms with Gasteiger partial charge in [0.05, 0.1) is 7.11 Å². The third-order valence-electron chi connectivity index (χ3n) is 3.51. The van der Waals surface area contributed by atoms with E-state index >= 15 is 0 Å². The topological polar surface area (TPSA) is 71.5 Å². The lowest BCUT2D eigenvalue weighted by atomic mass is 9.95. The summed E-state index contributed by atoms with van der Waals surface area (Å²) in [5.41, 5.74) is 0.112. The zero-order valence-electron chi connectivity index (χ0n) is 13.0. The van der Waals surface area contributed by atoms with Gasteiger partial charge < -0.3 is 15.2 Å². The van der Waals surface area contributed by atoms with Crippen molar-refractivity contribution in [2.45, 2.75) is 25.4 Å². The maximum atomic E-state index is 12.3. The Balaban J connectivity index is 1.98. The molecule has 122 valence electrons. The van der Waals surface area contributed by atoms with Crippen molar-refractivity contribution in [3.8, 4) is 5.75 Å². The van der Waals surface area contributed by atoms with Gasteiger partial charge in [-0.2, -0.15) is 0 Å². The van der Waals surface area contributed by atoms with Crippen molar-refractivity contribution in [3.05, 3.63) is 52.8 Å². The monoisotopic (exact) mass is 378 g/mol. The minimum absolute atomic E-state index is 0.304. The SMILES string of the molecule is COc1cccc(CC[C@](C)(O)C(=O)Nc2ccnc(Br)c2)c1. The highest BCUT2D eigenvalue weighted by atomic mass is 79.9. The Morgan fingerprint density at radius 2 is 2.17 bits per heavy atom. The first-order chi connectivity index (χ1) is 10.9. The van der Waals surface area contributed by atoms with Gasteiger partial charge in [-0.3, -0.25) is 4.79 Å². The molecule has 2 rings (SSSR count). The zero-order chi connectivity index (χ0) is 16.9. The van der Waals surface area contributed by atoms with Gasteiger partial charge >= 0.3 is 0 Å². The summed E-state index contributed by atoms with van der Waals surface area (Å²) in [7, 11) is 1.61. The Labute approximate surface area is 143 Å². The van der Waals surface area contributed by atoms with Crippen LogP contribution in [0.3, 0.4) is 0 Å². The Hall–Kier alpha value is -1.92. The number of ether oxygens (including phenoxy) is 1. The Kier molecular flexibility index (Phi) is 5.74. The van der Waals surface area contributed by atoms with E-state index < -0.39 is 11.5 Å². The fourth-order valence-corrected chi connectivity index (χ4v) is 2.44. The van der Waals surface area contributed by atoms with Crippen molar-refractivity contribution in [1.29, 1.82) is 0 Å². The molecular weight excluding hydrogens is 360 g/mol. The molecule has 2 aromatic rings. The maximum absolute atomic E-state index is 12.3. The second kappa shape index (κ2) is 7.57. The van der Waals surface area contributed by atoms with Crippen LogP contribution in [0.2, 0.25) is 0 Å². The number of aromatic nitrogens is 1. The van der Waals surface area contributed by atoms with Gasteiger partial charge in [0.25, 0.3) is 5.91 Å². The predicted octanol–water partition coefficient (Wildman–Crippen LogP) is 3.18. The number of aryl methyl sites for hydroxylation is 1. The highest BCUT2D eigenvalue weighted by Crippen LogP contribution is 2.20. The summed E-state index contributed by atoms with van der Waals surface area (Å²) in [6.45, 7) is 1.51. The summed E-state index contributed by atoms with van der Waals surface area (Å²) in [6.07, 6.45) is 2.45. The van der Waals surface area contributed by atoms with E-state index in [1.165, 1.54) is 6.92 Å². The van der Waals surface area contributed by atoms with E-state index in [-0.39, 0.29) is 0 Å². The molecule has 0 spiro atoms. The number of carbonyl (C=O) groups is 1. The van der Waals surface area contributed by atoms with Crippen molar-refractivity contribution in [3.63, 3.8) is 0 Å². The van der Waals surface area contributed by atoms with Crippen LogP contribution in [-0.2, 0) is 11.2 Å². The van der Waals surface area contributed by atoms with E-state index in [2.05, 4.69) is 26.2 Å². The van der Waals surface area contributed by atoms with Crippen LogP contribution in [0.4, 0.5) is 5.69 Å². The smallest absolute Gasteiger partial charge is 0.256 e. The third-order valence-corrected chi connectivity index (χ3v) is 3.94. The molecular formula is C17H19BrN2O3. The molecule has 0 aliphatic carbocycles. The summed E-state index contributed by atoms with van der Waals surface area (Å²) in [5, 5.41) is 13.1. The number of amides is 1. The highest BCUT2D eigenvalue weighted by molar-refractivity contribution is 9.10. The largest absolute Gasteiger partial charge is 0.497 e. The standard InChI is InChI=1S/C17H19BrN2O3/c1-17(22,8-6-12-4-3-5-14(10-12)23-2)16(21)20-13-7-9-19-15(18)11-13/h3-5,7,9-11,22H,6,8H2,1-2H3,(H,19,20,21)/t17-/m0/s1. The molecule has 2 N–H and O–H groups in total. The van der Waals surface area contributed by atoms with Gasteiger partial charge in [-0.15, -0.1) is 0 Å². The van der Waals surface area contributed by atoms with Gasteiger partial charge in [-0.1, -0.05) is 12.1 Å². The molecule has 1 amide bonds. The average molecular weight is 379 g/mol. The van der Waals surface area contributed by atoms with Gasteiger partial charge in [0.15, 0.2) is 0 Å². The van der Waals surface area contributed by atoms with E-state index in [9.17, 15) is 9.90 Å². The molecule has 1 aromatic carbocycles. The second-order valence-electron chi connectivity index (χ2n) is 5.45. The van der Waals surface area contributed by atoms with E-state index in [1.807, 2.05) is 24.3 Å². The third kappa shape index (κ3) is 5.04. The summed E-state index contributed by atoms with van der Waals surface area (Å²) >= 11 is 3.24. The fraction of sp³-hybridized carbons (Fsp3) is 0.294. The van der Waals surface area contributed by atoms with Crippen LogP contribution in [0, 0.1) is 0 Å². The Morgan fingerprint density at radius 1 is 1.39 bits per heavy atom. The lowest BCUT2D eigenvalue weighted by Crippen LogP contribution is -2.40. The number of halogens is 1. The average Bonchev–Trinajstić information content (AvgIpc) is 2.53. The van der Waals surface area contributed by atoms with Crippen LogP contribution in [0.15, 0.2) is 47.2 Å². The van der Waals surface area contributed by atoms with Crippen LogP contribution in [0.25, 0.3) is 0 Å². The molecule has 0 aliphatic heterocycles. The van der Waals surface area contributed by atoms with Crippen molar-refractivity contribution < 1.29 is 14.6 Å². The molecule has 0 radical (unpaired) electrons. The van der Waals surface area contributed by atoms with Gasteiger partial charge in [-0.25, -0.2) is 4.98 Å². The number of methoxy groups -OCH3 is 1. The first kappa shape index (κ1) is 17.4. The molecule has 1 heterocycles. The fourth-order valence-electron chi connectivity index (χ4n) is 2.08. The Morgan fingerprint density at radius 3 is 2.87 bits per heavy atom. The molecule has 6 heteroatoms. The van der Waals surface area contributed by atoms with E-state index in [0.717, 1.165) is 11.3 Å². The van der Waals surface area contributed by atoms with Crippen LogP contribution >= 0.6 is 15.9 Å². The lowest BCUT2D eigenvalue weighted by Gasteiger charge is -2.22. The zero-order valence-corrected chi connectivity index (χ0v) is 14.6. The summed E-state index contributed by atoms with van der Waals surface area (Å²) in [5.74, 6) is 0.312. The number of pyridine rings is 1. The van der Waals surface area contributed by atoms with Gasteiger partial charge in [-0.05, 0) is 65.5 Å². The first-order valence-electron chi connectivity index (χ1n) is 7.19. The van der Waals surface area contributed by atoms with Crippen LogP contribution < -0.4 is 10.1 Å². The highest BCUT2D eigenvalue weighted by Gasteiger charge is 2.30. The van der Waals surface area contributed by atoms with Gasteiger partial charge in [0.2, 0.25) is 0 Å². The number of hydrogen-bond donors (Lipinski definition) is 2. The van der Waals surface area contributed by atoms with Gasteiger partial charge in [0.1, 0.15) is 16.0 Å². The van der Waals surface area contributed by atoms with E-state index in [1.54, 1.807) is 25.4 Å². The molecule has 1 atom stereocenters. The number of aliphatic hydroxyl groups is 1. The molecule has 1 aromatic heterocycles. The van der Waals surface area contributed by atoms with E-state index in [4.69, 9.17) is 4.74 Å². The van der Waals surface area contributed by atoms with E-state index in [0.29, 0.717) is 23.1 Å². The number of hydrogen-bond acceptors (Lipinski definition) is 4. The number of rotatable bonds is 6. The summed E-state index contributed by atoms with van der Waals surface area (Å²) in [6, 6.07) is 10.9. The minimum atomic E-state index is -1.47. The van der Waals surface area contributed by atoms with Crippen molar-refractivity contribution in [2.24, 2.45) is 0 Å². The molecule has 23 heavy (non-hydrogen) atoms. The quantitative estimate of drug-likeness (QED) is 0.757. The number of carbonyl (C=O) groups excluding carboxylic acids is 1. The summed E-state index contributed by atoms with van der Waals surface area (Å²) < 4.78 is 5.79. The number of nitrogens with zero attached hydrogens (tertiary/aromatic N) is 1. The van der Waals surface area contributed by atoms with Gasteiger partial charge in [0, 0.05) is 11.9 Å². The molecule has 5 nitrogen and oxygen atoms in total. The molecule has 0 unspecified atom stereocenters. The molecule has 0 bridgehead atoms. The number of nitrogens with one attached hydrogen (secondary N) is 1. The Bertz CT molecular complexity index is 689. The minimum Gasteiger partial charge on any atom is -0.497 e. The molecule has 0 aliphatic rings. The first-order valence-corrected chi connectivity index (χ1v) is 7.98. The number of benzene rings is 1. The molecule has 0 fully saturated rings. The lowest BCUT2D eigenvalue weighted by molar-refractivity contribution is -0.132. The second-order valence-corrected chi connectivity index (χ2v) is 6.26. The van der Waals surface area contributed by atoms with Crippen LogP contribution in [-0.4, -0.2) is 28.7 Å². The predicted molar refractivity (Wildman–Crippen MR) is 92.5 cm³/mol. The summed E-state index contributed by atoms with van der Waals surface area (Å²) in [4.78, 5) is 16.3. The van der Waals surface area contributed by atoms with Crippen LogP contribution in [0.5, 0.6) is 5.75 Å².